The van der Waals surface area contributed by atoms with E-state index in [2.05, 4.69) is 6.07 Å². The molecule has 0 amide bonds. The van der Waals surface area contributed by atoms with Crippen LogP contribution in [0.15, 0.2) is 42.5 Å². The van der Waals surface area contributed by atoms with Gasteiger partial charge in [0, 0.05) is 10.9 Å². The Labute approximate surface area is 134 Å². The number of benzene rings is 2. The van der Waals surface area contributed by atoms with E-state index in [1.807, 2.05) is 43.3 Å². The van der Waals surface area contributed by atoms with Crippen molar-refractivity contribution >= 4 is 17.6 Å². The van der Waals surface area contributed by atoms with Gasteiger partial charge >= 0.3 is 5.97 Å². The van der Waals surface area contributed by atoms with Crippen LogP contribution in [0.5, 0.6) is 5.75 Å². The number of aryl methyl sites for hydroxylation is 1. The Bertz CT molecular complexity index is 674. The van der Waals surface area contributed by atoms with Gasteiger partial charge in [0.25, 0.3) is 0 Å². The van der Waals surface area contributed by atoms with E-state index in [0.717, 1.165) is 33.9 Å². The average Bonchev–Trinajstić information content (AvgIpc) is 3.24. The lowest BCUT2D eigenvalue weighted by Gasteiger charge is -2.08. The number of hydrogen-bond acceptors (Lipinski definition) is 2. The zero-order valence-corrected chi connectivity index (χ0v) is 13.0. The first-order chi connectivity index (χ1) is 10.5. The zero-order valence-electron chi connectivity index (χ0n) is 12.3. The van der Waals surface area contributed by atoms with Crippen LogP contribution < -0.4 is 4.74 Å². The molecule has 1 saturated carbocycles. The summed E-state index contributed by atoms with van der Waals surface area (Å²) in [5.74, 6) is -0.0414. The molecule has 1 N–H and O–H groups in total. The van der Waals surface area contributed by atoms with Crippen LogP contribution in [0, 0.1) is 18.8 Å². The summed E-state index contributed by atoms with van der Waals surface area (Å²) in [6.07, 6.45) is 0.717. The summed E-state index contributed by atoms with van der Waals surface area (Å²) >= 11 is 6.09. The highest BCUT2D eigenvalue weighted by molar-refractivity contribution is 6.30. The molecule has 0 spiro atoms. The van der Waals surface area contributed by atoms with Gasteiger partial charge < -0.3 is 9.84 Å². The van der Waals surface area contributed by atoms with E-state index in [1.54, 1.807) is 0 Å². The number of carboxylic acid groups (broad SMARTS) is 1. The van der Waals surface area contributed by atoms with Gasteiger partial charge in [0.05, 0.1) is 12.5 Å². The van der Waals surface area contributed by atoms with Gasteiger partial charge in [0.2, 0.25) is 0 Å². The van der Waals surface area contributed by atoms with Crippen LogP contribution in [0.3, 0.4) is 0 Å². The minimum atomic E-state index is -0.722. The maximum absolute atomic E-state index is 10.8. The molecule has 0 saturated heterocycles. The molecule has 2 aromatic carbocycles. The maximum Gasteiger partial charge on any atom is 0.306 e. The molecule has 1 aliphatic carbocycles. The third kappa shape index (κ3) is 3.42. The molecular formula is C18H17ClO3. The first kappa shape index (κ1) is 14.9. The second-order valence-corrected chi connectivity index (χ2v) is 6.23. The van der Waals surface area contributed by atoms with E-state index in [-0.39, 0.29) is 11.8 Å². The Hall–Kier alpha value is -2.00. The predicted molar refractivity (Wildman–Crippen MR) is 86.4 cm³/mol. The van der Waals surface area contributed by atoms with Crippen molar-refractivity contribution in [1.29, 1.82) is 0 Å². The molecule has 22 heavy (non-hydrogen) atoms. The molecule has 2 unspecified atom stereocenters. The third-order valence-electron chi connectivity index (χ3n) is 3.93. The van der Waals surface area contributed by atoms with Gasteiger partial charge in [0.1, 0.15) is 5.75 Å². The van der Waals surface area contributed by atoms with Crippen LogP contribution in [0.1, 0.15) is 12.0 Å². The predicted octanol–water partition coefficient (Wildman–Crippen LogP) is 4.41. The van der Waals surface area contributed by atoms with Crippen LogP contribution in [-0.2, 0) is 4.79 Å². The van der Waals surface area contributed by atoms with E-state index in [4.69, 9.17) is 21.4 Å². The van der Waals surface area contributed by atoms with Gasteiger partial charge in [-0.15, -0.1) is 0 Å². The first-order valence-electron chi connectivity index (χ1n) is 7.26. The lowest BCUT2D eigenvalue weighted by molar-refractivity contribution is -0.138. The molecule has 3 rings (SSSR count). The molecule has 0 radical (unpaired) electrons. The summed E-state index contributed by atoms with van der Waals surface area (Å²) < 4.78 is 5.66. The molecule has 0 aliphatic heterocycles. The van der Waals surface area contributed by atoms with E-state index in [1.165, 1.54) is 0 Å². The topological polar surface area (TPSA) is 46.5 Å². The van der Waals surface area contributed by atoms with Crippen molar-refractivity contribution in [3.63, 3.8) is 0 Å². The number of aliphatic carboxylic acids is 1. The van der Waals surface area contributed by atoms with Crippen LogP contribution >= 0.6 is 11.6 Å². The van der Waals surface area contributed by atoms with Crippen LogP contribution in [0.4, 0.5) is 0 Å². The Balaban J connectivity index is 1.64. The standard InChI is InChI=1S/C18H17ClO3/c1-11-6-13(8-15(19)7-11)12-2-4-16(5-3-12)22-10-14-9-17(14)18(20)21/h2-8,14,17H,9-10H2,1H3,(H,20,21). The molecule has 114 valence electrons. The highest BCUT2D eigenvalue weighted by Gasteiger charge is 2.43. The minimum Gasteiger partial charge on any atom is -0.493 e. The summed E-state index contributed by atoms with van der Waals surface area (Å²) in [5, 5.41) is 9.59. The summed E-state index contributed by atoms with van der Waals surface area (Å²) in [4.78, 5) is 10.8. The van der Waals surface area contributed by atoms with Gasteiger partial charge in [-0.25, -0.2) is 0 Å². The Morgan fingerprint density at radius 1 is 1.23 bits per heavy atom. The minimum absolute atomic E-state index is 0.146. The molecule has 1 aliphatic rings. The number of ether oxygens (including phenoxy) is 1. The molecule has 0 bridgehead atoms. The average molecular weight is 317 g/mol. The Kier molecular flexibility index (Phi) is 4.08. The van der Waals surface area contributed by atoms with Gasteiger partial charge in [-0.05, 0) is 54.3 Å². The molecule has 0 aromatic heterocycles. The second kappa shape index (κ2) is 6.01. The van der Waals surface area contributed by atoms with Crippen LogP contribution in [-0.4, -0.2) is 17.7 Å². The fourth-order valence-electron chi connectivity index (χ4n) is 2.58. The molecule has 0 heterocycles. The fraction of sp³-hybridized carbons (Fsp3) is 0.278. The van der Waals surface area contributed by atoms with Crippen molar-refractivity contribution in [2.24, 2.45) is 11.8 Å². The number of hydrogen-bond donors (Lipinski definition) is 1. The molecule has 1 fully saturated rings. The number of carboxylic acids is 1. The summed E-state index contributed by atoms with van der Waals surface area (Å²) in [5.41, 5.74) is 3.27. The molecule has 4 heteroatoms. The summed E-state index contributed by atoms with van der Waals surface area (Å²) in [6.45, 7) is 2.48. The van der Waals surface area contributed by atoms with Crippen molar-refractivity contribution < 1.29 is 14.6 Å². The molecule has 2 atom stereocenters. The molecule has 2 aromatic rings. The monoisotopic (exact) mass is 316 g/mol. The highest BCUT2D eigenvalue weighted by atomic mass is 35.5. The summed E-state index contributed by atoms with van der Waals surface area (Å²) in [6, 6.07) is 13.7. The van der Waals surface area contributed by atoms with Crippen LogP contribution in [0.2, 0.25) is 5.02 Å². The van der Waals surface area contributed by atoms with Gasteiger partial charge in [-0.3, -0.25) is 4.79 Å². The van der Waals surface area contributed by atoms with Crippen molar-refractivity contribution in [2.75, 3.05) is 6.61 Å². The van der Waals surface area contributed by atoms with Gasteiger partial charge in [-0.1, -0.05) is 29.8 Å². The first-order valence-corrected chi connectivity index (χ1v) is 7.64. The third-order valence-corrected chi connectivity index (χ3v) is 4.15. The fourth-order valence-corrected chi connectivity index (χ4v) is 2.87. The van der Waals surface area contributed by atoms with Crippen LogP contribution in [0.25, 0.3) is 11.1 Å². The lowest BCUT2D eigenvalue weighted by atomic mass is 10.0. The molecule has 3 nitrogen and oxygen atoms in total. The SMILES string of the molecule is Cc1cc(Cl)cc(-c2ccc(OCC3CC3C(=O)O)cc2)c1. The zero-order chi connectivity index (χ0) is 15.7. The van der Waals surface area contributed by atoms with Crippen molar-refractivity contribution in [3.8, 4) is 16.9 Å². The van der Waals surface area contributed by atoms with Crippen molar-refractivity contribution in [2.45, 2.75) is 13.3 Å². The van der Waals surface area contributed by atoms with E-state index in [9.17, 15) is 4.79 Å². The maximum atomic E-state index is 10.8. The van der Waals surface area contributed by atoms with Crippen molar-refractivity contribution in [1.82, 2.24) is 0 Å². The quantitative estimate of drug-likeness (QED) is 0.888. The van der Waals surface area contributed by atoms with E-state index < -0.39 is 5.97 Å². The molecular weight excluding hydrogens is 300 g/mol. The highest BCUT2D eigenvalue weighted by Crippen LogP contribution is 2.39. The van der Waals surface area contributed by atoms with E-state index in [0.29, 0.717) is 6.61 Å². The number of carbonyl (C=O) groups is 1. The largest absolute Gasteiger partial charge is 0.493 e. The number of rotatable bonds is 5. The Morgan fingerprint density at radius 2 is 1.95 bits per heavy atom. The summed E-state index contributed by atoms with van der Waals surface area (Å²) in [7, 11) is 0. The normalized spacial score (nSPS) is 19.7. The number of halogens is 1. The Morgan fingerprint density at radius 3 is 2.55 bits per heavy atom. The van der Waals surface area contributed by atoms with Crippen molar-refractivity contribution in [3.05, 3.63) is 53.1 Å². The van der Waals surface area contributed by atoms with Gasteiger partial charge in [0.15, 0.2) is 0 Å². The lowest BCUT2D eigenvalue weighted by Crippen LogP contribution is -2.06. The van der Waals surface area contributed by atoms with E-state index >= 15 is 0 Å². The smallest absolute Gasteiger partial charge is 0.306 e. The second-order valence-electron chi connectivity index (χ2n) is 5.79. The van der Waals surface area contributed by atoms with Gasteiger partial charge in [-0.2, -0.15) is 0 Å².